The van der Waals surface area contributed by atoms with Gasteiger partial charge in [0.15, 0.2) is 0 Å². The van der Waals surface area contributed by atoms with Crippen LogP contribution in [-0.2, 0) is 6.18 Å². The Labute approximate surface area is 125 Å². The lowest BCUT2D eigenvalue weighted by Crippen LogP contribution is -2.35. The van der Waals surface area contributed by atoms with E-state index in [1.807, 2.05) is 6.92 Å². The highest BCUT2D eigenvalue weighted by Gasteiger charge is 2.36. The molecule has 2 heterocycles. The van der Waals surface area contributed by atoms with Crippen LogP contribution < -0.4 is 4.90 Å². The third kappa shape index (κ3) is 2.71. The fourth-order valence-corrected chi connectivity index (χ4v) is 2.85. The van der Waals surface area contributed by atoms with Gasteiger partial charge in [-0.15, -0.1) is 0 Å². The molecule has 1 aromatic carbocycles. The minimum Gasteiger partial charge on any atom is -0.356 e. The average Bonchev–Trinajstić information content (AvgIpc) is 2.46. The molecule has 7 heteroatoms. The minimum absolute atomic E-state index is 0.170. The van der Waals surface area contributed by atoms with Gasteiger partial charge in [-0.2, -0.15) is 13.2 Å². The summed E-state index contributed by atoms with van der Waals surface area (Å²) in [7, 11) is 0. The molecule has 0 N–H and O–H groups in total. The Balaban J connectivity index is 2.20. The summed E-state index contributed by atoms with van der Waals surface area (Å²) in [4.78, 5) is 8.88. The molecule has 1 unspecified atom stereocenters. The van der Waals surface area contributed by atoms with Crippen LogP contribution in [0.25, 0.3) is 10.9 Å². The van der Waals surface area contributed by atoms with E-state index < -0.39 is 17.8 Å². The SMILES string of the molecule is CC1CCCN(c2nc(C(F)(F)F)nc3c(F)cccc23)C1. The molecule has 3 nitrogen and oxygen atoms in total. The summed E-state index contributed by atoms with van der Waals surface area (Å²) >= 11 is 0. The molecule has 3 rings (SSSR count). The first-order valence-corrected chi connectivity index (χ1v) is 7.14. The van der Waals surface area contributed by atoms with E-state index in [0.717, 1.165) is 18.9 Å². The standard InChI is InChI=1S/C15H15F4N3/c1-9-4-3-7-22(8-9)13-10-5-2-6-11(16)12(10)20-14(21-13)15(17,18)19/h2,5-6,9H,3-4,7-8H2,1H3. The molecule has 0 aliphatic carbocycles. The van der Waals surface area contributed by atoms with Crippen LogP contribution in [0.3, 0.4) is 0 Å². The monoisotopic (exact) mass is 313 g/mol. The molecule has 0 radical (unpaired) electrons. The maximum Gasteiger partial charge on any atom is 0.451 e. The molecule has 0 amide bonds. The highest BCUT2D eigenvalue weighted by Crippen LogP contribution is 2.34. The smallest absolute Gasteiger partial charge is 0.356 e. The number of para-hydroxylation sites is 1. The Morgan fingerprint density at radius 3 is 2.68 bits per heavy atom. The minimum atomic E-state index is -4.70. The van der Waals surface area contributed by atoms with Crippen molar-refractivity contribution in [1.82, 2.24) is 9.97 Å². The summed E-state index contributed by atoms with van der Waals surface area (Å²) in [6, 6.07) is 4.14. The largest absolute Gasteiger partial charge is 0.451 e. The van der Waals surface area contributed by atoms with Crippen LogP contribution in [0.5, 0.6) is 0 Å². The molecule has 0 spiro atoms. The highest BCUT2D eigenvalue weighted by molar-refractivity contribution is 5.90. The van der Waals surface area contributed by atoms with Gasteiger partial charge in [0.2, 0.25) is 5.82 Å². The number of hydrogen-bond donors (Lipinski definition) is 0. The zero-order chi connectivity index (χ0) is 15.9. The second-order valence-electron chi connectivity index (χ2n) is 5.70. The summed E-state index contributed by atoms with van der Waals surface area (Å²) < 4.78 is 52.9. The van der Waals surface area contributed by atoms with Gasteiger partial charge < -0.3 is 4.90 Å². The molecule has 1 aromatic heterocycles. The van der Waals surface area contributed by atoms with Crippen molar-refractivity contribution in [2.24, 2.45) is 5.92 Å². The summed E-state index contributed by atoms with van der Waals surface area (Å²) in [5.74, 6) is -1.53. The van der Waals surface area contributed by atoms with Gasteiger partial charge in [-0.05, 0) is 30.9 Å². The van der Waals surface area contributed by atoms with Gasteiger partial charge in [-0.1, -0.05) is 13.0 Å². The topological polar surface area (TPSA) is 29.0 Å². The lowest BCUT2D eigenvalue weighted by molar-refractivity contribution is -0.144. The van der Waals surface area contributed by atoms with Crippen LogP contribution in [0.15, 0.2) is 18.2 Å². The van der Waals surface area contributed by atoms with Crippen molar-refractivity contribution in [3.63, 3.8) is 0 Å². The van der Waals surface area contributed by atoms with Crippen molar-refractivity contribution in [2.75, 3.05) is 18.0 Å². The molecule has 118 valence electrons. The van der Waals surface area contributed by atoms with Crippen molar-refractivity contribution in [3.05, 3.63) is 29.8 Å². The molecule has 1 aliphatic rings. The van der Waals surface area contributed by atoms with Gasteiger partial charge in [0.25, 0.3) is 0 Å². The van der Waals surface area contributed by atoms with Crippen molar-refractivity contribution >= 4 is 16.7 Å². The summed E-state index contributed by atoms with van der Waals surface area (Å²) in [6.45, 7) is 3.27. The third-order valence-corrected chi connectivity index (χ3v) is 3.87. The van der Waals surface area contributed by atoms with E-state index in [-0.39, 0.29) is 11.3 Å². The fourth-order valence-electron chi connectivity index (χ4n) is 2.85. The normalized spacial score (nSPS) is 19.7. The summed E-state index contributed by atoms with van der Waals surface area (Å²) in [5, 5.41) is 0.321. The van der Waals surface area contributed by atoms with Crippen LogP contribution in [0.4, 0.5) is 23.4 Å². The molecule has 1 atom stereocenters. The Hall–Kier alpha value is -1.92. The Bertz CT molecular complexity index is 699. The number of piperidine rings is 1. The molecule has 1 saturated heterocycles. The van der Waals surface area contributed by atoms with Gasteiger partial charge in [-0.25, -0.2) is 14.4 Å². The molecule has 0 saturated carbocycles. The van der Waals surface area contributed by atoms with Gasteiger partial charge in [0, 0.05) is 18.5 Å². The zero-order valence-corrected chi connectivity index (χ0v) is 12.0. The second kappa shape index (κ2) is 5.37. The first kappa shape index (κ1) is 15.0. The first-order valence-electron chi connectivity index (χ1n) is 7.14. The Kier molecular flexibility index (Phi) is 3.66. The van der Waals surface area contributed by atoms with Crippen LogP contribution in [0, 0.1) is 11.7 Å². The van der Waals surface area contributed by atoms with E-state index in [9.17, 15) is 17.6 Å². The molecular formula is C15H15F4N3. The molecule has 22 heavy (non-hydrogen) atoms. The van der Waals surface area contributed by atoms with Crippen LogP contribution in [0.2, 0.25) is 0 Å². The van der Waals surface area contributed by atoms with Crippen LogP contribution in [0.1, 0.15) is 25.6 Å². The van der Waals surface area contributed by atoms with Crippen molar-refractivity contribution < 1.29 is 17.6 Å². The summed E-state index contributed by atoms with van der Waals surface area (Å²) in [6.07, 6.45) is -2.80. The average molecular weight is 313 g/mol. The number of benzene rings is 1. The van der Waals surface area contributed by atoms with E-state index in [1.54, 1.807) is 11.0 Å². The molecule has 1 fully saturated rings. The number of hydrogen-bond acceptors (Lipinski definition) is 3. The lowest BCUT2D eigenvalue weighted by Gasteiger charge is -2.32. The van der Waals surface area contributed by atoms with Gasteiger partial charge in [-0.3, -0.25) is 0 Å². The highest BCUT2D eigenvalue weighted by atomic mass is 19.4. The number of fused-ring (bicyclic) bond motifs is 1. The van der Waals surface area contributed by atoms with Crippen molar-refractivity contribution in [3.8, 4) is 0 Å². The number of anilines is 1. The molecule has 1 aliphatic heterocycles. The Morgan fingerprint density at radius 1 is 1.23 bits per heavy atom. The predicted octanol–water partition coefficient (Wildman–Crippen LogP) is 4.02. The zero-order valence-electron chi connectivity index (χ0n) is 12.0. The van der Waals surface area contributed by atoms with Gasteiger partial charge in [0.05, 0.1) is 0 Å². The number of alkyl halides is 3. The third-order valence-electron chi connectivity index (χ3n) is 3.87. The molecular weight excluding hydrogens is 298 g/mol. The number of nitrogens with zero attached hydrogens (tertiary/aromatic N) is 3. The fraction of sp³-hybridized carbons (Fsp3) is 0.467. The summed E-state index contributed by atoms with van der Waals surface area (Å²) in [5.41, 5.74) is -0.280. The maximum atomic E-state index is 13.9. The van der Waals surface area contributed by atoms with E-state index in [1.165, 1.54) is 6.07 Å². The van der Waals surface area contributed by atoms with E-state index in [0.29, 0.717) is 24.4 Å². The van der Waals surface area contributed by atoms with Crippen molar-refractivity contribution in [1.29, 1.82) is 0 Å². The predicted molar refractivity (Wildman–Crippen MR) is 75.1 cm³/mol. The number of halogens is 4. The number of rotatable bonds is 1. The molecule has 2 aromatic rings. The van der Waals surface area contributed by atoms with Crippen LogP contribution in [-0.4, -0.2) is 23.1 Å². The van der Waals surface area contributed by atoms with E-state index >= 15 is 0 Å². The van der Waals surface area contributed by atoms with E-state index in [2.05, 4.69) is 9.97 Å². The second-order valence-corrected chi connectivity index (χ2v) is 5.70. The van der Waals surface area contributed by atoms with Crippen molar-refractivity contribution in [2.45, 2.75) is 25.9 Å². The van der Waals surface area contributed by atoms with Gasteiger partial charge in [0.1, 0.15) is 17.2 Å². The van der Waals surface area contributed by atoms with Gasteiger partial charge >= 0.3 is 6.18 Å². The Morgan fingerprint density at radius 2 is 2.00 bits per heavy atom. The lowest BCUT2D eigenvalue weighted by atomic mass is 10.00. The van der Waals surface area contributed by atoms with Crippen LogP contribution >= 0.6 is 0 Å². The first-order chi connectivity index (χ1) is 10.4. The molecule has 0 bridgehead atoms. The maximum absolute atomic E-state index is 13.9. The van der Waals surface area contributed by atoms with E-state index in [4.69, 9.17) is 0 Å². The quantitative estimate of drug-likeness (QED) is 0.745. The number of aromatic nitrogens is 2.